The molecule has 59 heavy (non-hydrogen) atoms. The number of ketones is 1. The lowest BCUT2D eigenvalue weighted by Crippen LogP contribution is -2.82. The van der Waals surface area contributed by atoms with E-state index in [4.69, 9.17) is 37.9 Å². The van der Waals surface area contributed by atoms with Crippen molar-refractivity contribution >= 4 is 30.0 Å². The highest BCUT2D eigenvalue weighted by atomic mass is 16.8. The molecule has 1 unspecified atom stereocenters. The molecule has 1 aliphatic heterocycles. The van der Waals surface area contributed by atoms with Crippen molar-refractivity contribution in [2.75, 3.05) is 27.9 Å². The number of carbonyl (C=O) groups is 5. The van der Waals surface area contributed by atoms with E-state index in [1.165, 1.54) is 26.4 Å². The Balaban J connectivity index is 1.72. The minimum absolute atomic E-state index is 0.0757. The van der Waals surface area contributed by atoms with Gasteiger partial charge in [-0.1, -0.05) is 52.8 Å². The molecule has 3 fully saturated rings. The van der Waals surface area contributed by atoms with Crippen molar-refractivity contribution in [3.63, 3.8) is 0 Å². The number of alkyl carbamates (subject to hydrolysis) is 1. The number of carbonyl (C=O) groups excluding carboxylic acids is 5. The van der Waals surface area contributed by atoms with Gasteiger partial charge < -0.3 is 53.4 Å². The van der Waals surface area contributed by atoms with Crippen LogP contribution in [0.2, 0.25) is 0 Å². The van der Waals surface area contributed by atoms with Crippen molar-refractivity contribution in [1.29, 1.82) is 0 Å². The van der Waals surface area contributed by atoms with Gasteiger partial charge in [0.05, 0.1) is 42.8 Å². The standard InChI is InChI=1S/C43H61NO15/c1-22-24(56-35(48)28(45)31(38(2,3)4)44-36(49)58-39(5,6)7)20-43(51)33(57-34(47)23-17-15-14-16-18-23)30-41(10,32(46)29(53-12)27(22)40(43,8)9)25(52-11)19-26-42(30,21-55-26)59-37(50)54-13/h14-18,24-26,28-31,33,45,51H,19-21H2,1-13H3,(H,44,49)/t24-,25-,26+,28+,29+,30-,31+,33-,41+,42-,43?/m0/s1. The van der Waals surface area contributed by atoms with Crippen molar-refractivity contribution in [3.05, 3.63) is 47.0 Å². The second kappa shape index (κ2) is 16.1. The molecule has 1 aromatic rings. The molecule has 0 spiro atoms. The Labute approximate surface area is 345 Å². The van der Waals surface area contributed by atoms with Crippen LogP contribution in [0.1, 0.15) is 92.4 Å². The average molecular weight is 832 g/mol. The van der Waals surface area contributed by atoms with Crippen molar-refractivity contribution < 1.29 is 72.1 Å². The van der Waals surface area contributed by atoms with Crippen LogP contribution in [0.3, 0.4) is 0 Å². The van der Waals surface area contributed by atoms with Gasteiger partial charge in [-0.05, 0) is 63.3 Å². The molecule has 5 rings (SSSR count). The number of ether oxygens (including phenoxy) is 8. The molecule has 16 heteroatoms. The fraction of sp³-hybridized carbons (Fsp3) is 0.698. The number of aliphatic hydroxyl groups excluding tert-OH is 1. The Morgan fingerprint density at radius 3 is 2.08 bits per heavy atom. The van der Waals surface area contributed by atoms with Gasteiger partial charge in [0, 0.05) is 32.5 Å². The Bertz CT molecular complexity index is 1830. The SMILES string of the molecule is COC(=O)O[C@@]12CO[C@@H]1C[C@H](OC)[C@@]1(C)C(=O)[C@H](OC)C3=C(C)[C@@H](OC(=O)[C@H](O)[C@@H](NC(=O)OC(C)(C)C)C(C)(C)C)CC(O)([C@@H](OC(=O)c4ccccc4)[C@H]21)C3(C)C. The summed E-state index contributed by atoms with van der Waals surface area (Å²) in [5.41, 5.74) is -8.20. The molecule has 11 atom stereocenters. The van der Waals surface area contributed by atoms with Gasteiger partial charge in [0.25, 0.3) is 0 Å². The van der Waals surface area contributed by atoms with Gasteiger partial charge in [-0.2, -0.15) is 0 Å². The molecule has 1 aromatic carbocycles. The van der Waals surface area contributed by atoms with E-state index < -0.39 is 118 Å². The third-order valence-corrected chi connectivity index (χ3v) is 12.9. The summed E-state index contributed by atoms with van der Waals surface area (Å²) in [7, 11) is 3.88. The third-order valence-electron chi connectivity index (χ3n) is 12.9. The molecule has 328 valence electrons. The fourth-order valence-electron chi connectivity index (χ4n) is 9.76. The van der Waals surface area contributed by atoms with E-state index in [2.05, 4.69) is 5.32 Å². The minimum atomic E-state index is -2.24. The van der Waals surface area contributed by atoms with Crippen LogP contribution in [0, 0.1) is 22.2 Å². The monoisotopic (exact) mass is 831 g/mol. The lowest BCUT2D eigenvalue weighted by molar-refractivity contribution is -0.345. The van der Waals surface area contributed by atoms with Crippen LogP contribution in [0.5, 0.6) is 0 Å². The number of methoxy groups -OCH3 is 3. The summed E-state index contributed by atoms with van der Waals surface area (Å²) in [6.07, 6.45) is -10.5. The number of rotatable bonds is 9. The molecule has 3 aliphatic carbocycles. The zero-order valence-corrected chi connectivity index (χ0v) is 36.3. The fourth-order valence-corrected chi connectivity index (χ4v) is 9.76. The summed E-state index contributed by atoms with van der Waals surface area (Å²) in [5, 5.41) is 27.9. The number of Topliss-reactive ketones (excluding diaryl/α,β-unsaturated/α-hetero) is 1. The molecule has 0 radical (unpaired) electrons. The van der Waals surface area contributed by atoms with Gasteiger partial charge in [-0.25, -0.2) is 19.2 Å². The van der Waals surface area contributed by atoms with E-state index in [1.807, 2.05) is 0 Å². The van der Waals surface area contributed by atoms with E-state index in [-0.39, 0.29) is 24.2 Å². The first-order valence-corrected chi connectivity index (χ1v) is 19.8. The van der Waals surface area contributed by atoms with Crippen LogP contribution in [-0.2, 0) is 47.5 Å². The maximum absolute atomic E-state index is 15.5. The highest BCUT2D eigenvalue weighted by molar-refractivity contribution is 5.94. The molecule has 1 amide bonds. The lowest BCUT2D eigenvalue weighted by Gasteiger charge is -2.67. The topological polar surface area (TPSA) is 212 Å². The van der Waals surface area contributed by atoms with Crippen LogP contribution in [0.25, 0.3) is 0 Å². The average Bonchev–Trinajstić information content (AvgIpc) is 3.14. The zero-order valence-electron chi connectivity index (χ0n) is 36.3. The number of hydrogen-bond donors (Lipinski definition) is 3. The van der Waals surface area contributed by atoms with Crippen LogP contribution in [-0.4, -0.2) is 128 Å². The smallest absolute Gasteiger partial charge is 0.456 e. The summed E-state index contributed by atoms with van der Waals surface area (Å²) in [5.74, 6) is -3.93. The van der Waals surface area contributed by atoms with Gasteiger partial charge >= 0.3 is 24.2 Å². The maximum atomic E-state index is 15.5. The van der Waals surface area contributed by atoms with Crippen molar-refractivity contribution in [3.8, 4) is 0 Å². The lowest BCUT2D eigenvalue weighted by atomic mass is 9.44. The zero-order chi connectivity index (χ0) is 44.3. The van der Waals surface area contributed by atoms with Crippen molar-refractivity contribution in [2.24, 2.45) is 22.2 Å². The molecule has 0 aromatic heterocycles. The first-order valence-electron chi connectivity index (χ1n) is 19.8. The maximum Gasteiger partial charge on any atom is 0.508 e. The molecule has 16 nitrogen and oxygen atoms in total. The Kier molecular flexibility index (Phi) is 12.5. The van der Waals surface area contributed by atoms with E-state index >= 15 is 4.79 Å². The van der Waals surface area contributed by atoms with Gasteiger partial charge in [-0.15, -0.1) is 0 Å². The van der Waals surface area contributed by atoms with Crippen LogP contribution in [0.4, 0.5) is 9.59 Å². The summed E-state index contributed by atoms with van der Waals surface area (Å²) < 4.78 is 47.1. The molecule has 2 saturated carbocycles. The molecule has 1 saturated heterocycles. The number of fused-ring (bicyclic) bond motifs is 5. The summed E-state index contributed by atoms with van der Waals surface area (Å²) in [6, 6.07) is 6.83. The van der Waals surface area contributed by atoms with Crippen LogP contribution in [0.15, 0.2) is 41.5 Å². The predicted octanol–water partition coefficient (Wildman–Crippen LogP) is 4.46. The molecule has 4 aliphatic rings. The Morgan fingerprint density at radius 1 is 0.949 bits per heavy atom. The normalized spacial score (nSPS) is 33.6. The van der Waals surface area contributed by atoms with Crippen LogP contribution < -0.4 is 5.32 Å². The number of esters is 2. The molecular formula is C43H61NO15. The van der Waals surface area contributed by atoms with E-state index in [9.17, 15) is 29.4 Å². The second-order valence-electron chi connectivity index (χ2n) is 18.9. The van der Waals surface area contributed by atoms with Gasteiger partial charge in [0.1, 0.15) is 35.6 Å². The number of aliphatic hydroxyl groups is 2. The summed E-state index contributed by atoms with van der Waals surface area (Å²) in [4.78, 5) is 70.0. The quantitative estimate of drug-likeness (QED) is 0.178. The number of hydrogen-bond acceptors (Lipinski definition) is 15. The third kappa shape index (κ3) is 7.86. The van der Waals surface area contributed by atoms with Gasteiger partial charge in [-0.3, -0.25) is 4.79 Å². The summed E-state index contributed by atoms with van der Waals surface area (Å²) >= 11 is 0. The Hall–Kier alpha value is -4.09. The minimum Gasteiger partial charge on any atom is -0.456 e. The highest BCUT2D eigenvalue weighted by Crippen LogP contribution is 2.64. The first-order chi connectivity index (χ1) is 27.2. The first kappa shape index (κ1) is 46.0. The van der Waals surface area contributed by atoms with Gasteiger partial charge in [0.2, 0.25) is 0 Å². The largest absolute Gasteiger partial charge is 0.508 e. The predicted molar refractivity (Wildman–Crippen MR) is 209 cm³/mol. The van der Waals surface area contributed by atoms with Crippen molar-refractivity contribution in [2.45, 2.75) is 142 Å². The number of nitrogens with one attached hydrogen (secondary N) is 1. The molecule has 1 heterocycles. The van der Waals surface area contributed by atoms with E-state index in [1.54, 1.807) is 87.4 Å². The second-order valence-corrected chi connectivity index (χ2v) is 18.9. The van der Waals surface area contributed by atoms with Gasteiger partial charge in [0.15, 0.2) is 17.5 Å². The number of amides is 1. The molecular weight excluding hydrogens is 770 g/mol. The van der Waals surface area contributed by atoms with Crippen LogP contribution >= 0.6 is 0 Å². The molecule has 2 bridgehead atoms. The number of benzene rings is 1. The van der Waals surface area contributed by atoms with E-state index in [0.29, 0.717) is 5.57 Å². The Morgan fingerprint density at radius 2 is 1.58 bits per heavy atom. The van der Waals surface area contributed by atoms with E-state index in [0.717, 1.165) is 7.11 Å². The summed E-state index contributed by atoms with van der Waals surface area (Å²) in [6.45, 7) is 16.5. The molecule has 3 N–H and O–H groups in total. The highest BCUT2D eigenvalue weighted by Gasteiger charge is 2.78. The van der Waals surface area contributed by atoms with Crippen molar-refractivity contribution in [1.82, 2.24) is 5.32 Å².